The van der Waals surface area contributed by atoms with Crippen LogP contribution >= 0.6 is 11.6 Å². The molecule has 3 rings (SSSR count). The summed E-state index contributed by atoms with van der Waals surface area (Å²) in [5.74, 6) is 0.209. The van der Waals surface area contributed by atoms with Crippen LogP contribution in [0.1, 0.15) is 39.2 Å². The summed E-state index contributed by atoms with van der Waals surface area (Å²) in [5.41, 5.74) is 0.967. The Balaban J connectivity index is 2.05. The van der Waals surface area contributed by atoms with Crippen molar-refractivity contribution in [1.29, 1.82) is 0 Å². The molecule has 238 valence electrons. The molecule has 0 aromatic heterocycles. The van der Waals surface area contributed by atoms with E-state index in [0.29, 0.717) is 29.7 Å². The van der Waals surface area contributed by atoms with E-state index in [1.165, 1.54) is 37.3 Å². The number of benzene rings is 3. The van der Waals surface area contributed by atoms with Gasteiger partial charge < -0.3 is 24.4 Å². The molecule has 0 spiro atoms. The maximum atomic E-state index is 14.2. The summed E-state index contributed by atoms with van der Waals surface area (Å²) < 4.78 is 45.5. The minimum atomic E-state index is -4.32. The number of rotatable bonds is 16. The van der Waals surface area contributed by atoms with Crippen LogP contribution in [0.2, 0.25) is 5.02 Å². The molecule has 0 heterocycles. The summed E-state index contributed by atoms with van der Waals surface area (Å²) in [5, 5.41) is 3.40. The zero-order chi connectivity index (χ0) is 32.3. The smallest absolute Gasteiger partial charge is 0.264 e. The van der Waals surface area contributed by atoms with Crippen molar-refractivity contribution in [2.24, 2.45) is 0 Å². The van der Waals surface area contributed by atoms with E-state index >= 15 is 0 Å². The Hall–Kier alpha value is -3.96. The molecule has 0 saturated heterocycles. The van der Waals surface area contributed by atoms with Crippen LogP contribution < -0.4 is 23.8 Å². The van der Waals surface area contributed by atoms with Crippen molar-refractivity contribution in [1.82, 2.24) is 10.2 Å². The van der Waals surface area contributed by atoms with Crippen molar-refractivity contribution in [2.75, 3.05) is 38.2 Å². The van der Waals surface area contributed by atoms with Gasteiger partial charge in [-0.2, -0.15) is 0 Å². The molecule has 0 saturated carbocycles. The van der Waals surface area contributed by atoms with Crippen LogP contribution in [0.5, 0.6) is 17.2 Å². The average Bonchev–Trinajstić information content (AvgIpc) is 3.03. The predicted octanol–water partition coefficient (Wildman–Crippen LogP) is 5.28. The van der Waals surface area contributed by atoms with Crippen LogP contribution in [0.15, 0.2) is 71.6 Å². The van der Waals surface area contributed by atoms with Gasteiger partial charge in [-0.05, 0) is 74.4 Å². The molecule has 3 aromatic carbocycles. The van der Waals surface area contributed by atoms with Gasteiger partial charge in [-0.3, -0.25) is 13.9 Å². The molecule has 3 aromatic rings. The Morgan fingerprint density at radius 3 is 2.18 bits per heavy atom. The van der Waals surface area contributed by atoms with E-state index in [1.54, 1.807) is 55.5 Å². The highest BCUT2D eigenvalue weighted by Crippen LogP contribution is 2.33. The summed E-state index contributed by atoms with van der Waals surface area (Å²) in [6.07, 6.45) is 1.69. The Morgan fingerprint density at radius 1 is 0.932 bits per heavy atom. The second kappa shape index (κ2) is 16.2. The van der Waals surface area contributed by atoms with Crippen LogP contribution in [-0.4, -0.2) is 65.1 Å². The lowest BCUT2D eigenvalue weighted by Crippen LogP contribution is -2.51. The number of nitrogens with zero attached hydrogens (tertiary/aromatic N) is 2. The lowest BCUT2D eigenvalue weighted by atomic mass is 10.1. The summed E-state index contributed by atoms with van der Waals surface area (Å²) in [4.78, 5) is 28.5. The maximum absolute atomic E-state index is 14.2. The van der Waals surface area contributed by atoms with Crippen molar-refractivity contribution in [3.05, 3.63) is 77.3 Å². The number of amides is 2. The van der Waals surface area contributed by atoms with Crippen molar-refractivity contribution in [3.63, 3.8) is 0 Å². The van der Waals surface area contributed by atoms with E-state index in [4.69, 9.17) is 25.8 Å². The fourth-order valence-electron chi connectivity index (χ4n) is 4.41. The largest absolute Gasteiger partial charge is 0.494 e. The average molecular weight is 646 g/mol. The molecule has 44 heavy (non-hydrogen) atoms. The monoisotopic (exact) mass is 645 g/mol. The minimum absolute atomic E-state index is 0.0614. The number of halogens is 1. The molecule has 12 heteroatoms. The molecule has 0 aliphatic heterocycles. The zero-order valence-corrected chi connectivity index (χ0v) is 27.3. The van der Waals surface area contributed by atoms with Crippen molar-refractivity contribution >= 4 is 39.1 Å². The summed E-state index contributed by atoms with van der Waals surface area (Å²) in [6.45, 7) is 5.86. The molecule has 1 atom stereocenters. The van der Waals surface area contributed by atoms with E-state index in [2.05, 4.69) is 5.32 Å². The van der Waals surface area contributed by atoms with Gasteiger partial charge in [0.05, 0.1) is 31.4 Å². The number of nitrogens with one attached hydrogen (secondary N) is 1. The molecule has 1 N–H and O–H groups in total. The number of carbonyl (C=O) groups excluding carboxylic acids is 2. The van der Waals surface area contributed by atoms with E-state index in [0.717, 1.165) is 22.7 Å². The molecule has 0 bridgehead atoms. The molecular weight excluding hydrogens is 606 g/mol. The van der Waals surface area contributed by atoms with Gasteiger partial charge in [0.2, 0.25) is 11.8 Å². The van der Waals surface area contributed by atoms with E-state index < -0.39 is 28.5 Å². The van der Waals surface area contributed by atoms with E-state index in [1.807, 2.05) is 13.8 Å². The van der Waals surface area contributed by atoms with Crippen LogP contribution in [0.4, 0.5) is 5.69 Å². The third-order valence-electron chi connectivity index (χ3n) is 6.92. The molecule has 0 unspecified atom stereocenters. The molecular formula is C32H40ClN3O7S. The number of unbranched alkanes of at least 4 members (excludes halogenated alkanes) is 1. The van der Waals surface area contributed by atoms with Gasteiger partial charge in [0.15, 0.2) is 11.5 Å². The third-order valence-corrected chi connectivity index (χ3v) is 8.94. The highest BCUT2D eigenvalue weighted by Gasteiger charge is 2.33. The standard InChI is InChI=1S/C32H40ClN3O7S/c1-6-8-19-34-32(38)23(3)35(21-24-9-11-25(33)12-10-24)31(37)22-36(26-13-15-27(16-14-26)43-7-2)44(39,40)28-17-18-29(41-4)30(20-28)42-5/h9-18,20,23H,6-8,19,21-22H2,1-5H3,(H,34,38)/t23-/m1/s1. The zero-order valence-electron chi connectivity index (χ0n) is 25.7. The first kappa shape index (κ1) is 34.5. The Morgan fingerprint density at radius 2 is 1.59 bits per heavy atom. The number of ether oxygens (including phenoxy) is 3. The predicted molar refractivity (Wildman–Crippen MR) is 171 cm³/mol. The molecule has 0 radical (unpaired) electrons. The highest BCUT2D eigenvalue weighted by atomic mass is 35.5. The Kier molecular flexibility index (Phi) is 12.7. The first-order valence-electron chi connectivity index (χ1n) is 14.3. The second-order valence-corrected chi connectivity index (χ2v) is 12.2. The SMILES string of the molecule is CCCCNC(=O)[C@@H](C)N(Cc1ccc(Cl)cc1)C(=O)CN(c1ccc(OCC)cc1)S(=O)(=O)c1ccc(OC)c(OC)c1. The molecule has 0 aliphatic rings. The van der Waals surface area contributed by atoms with Gasteiger partial charge in [-0.1, -0.05) is 37.1 Å². The van der Waals surface area contributed by atoms with Crippen LogP contribution in [0.25, 0.3) is 0 Å². The third kappa shape index (κ3) is 8.79. The number of hydrogen-bond acceptors (Lipinski definition) is 7. The first-order valence-corrected chi connectivity index (χ1v) is 16.2. The number of sulfonamides is 1. The normalized spacial score (nSPS) is 11.8. The van der Waals surface area contributed by atoms with Crippen molar-refractivity contribution in [3.8, 4) is 17.2 Å². The van der Waals surface area contributed by atoms with E-state index in [9.17, 15) is 18.0 Å². The molecule has 0 fully saturated rings. The number of anilines is 1. The van der Waals surface area contributed by atoms with E-state index in [-0.39, 0.29) is 28.8 Å². The number of methoxy groups -OCH3 is 2. The summed E-state index contributed by atoms with van der Waals surface area (Å²) in [6, 6.07) is 16.6. The number of carbonyl (C=O) groups is 2. The molecule has 10 nitrogen and oxygen atoms in total. The fraction of sp³-hybridized carbons (Fsp3) is 0.375. The van der Waals surface area contributed by atoms with Gasteiger partial charge in [0.1, 0.15) is 18.3 Å². The minimum Gasteiger partial charge on any atom is -0.494 e. The molecule has 2 amide bonds. The van der Waals surface area contributed by atoms with Gasteiger partial charge in [0.25, 0.3) is 10.0 Å². The lowest BCUT2D eigenvalue weighted by Gasteiger charge is -2.32. The lowest BCUT2D eigenvalue weighted by molar-refractivity contribution is -0.139. The number of hydrogen-bond donors (Lipinski definition) is 1. The maximum Gasteiger partial charge on any atom is 0.264 e. The highest BCUT2D eigenvalue weighted by molar-refractivity contribution is 7.92. The van der Waals surface area contributed by atoms with Crippen molar-refractivity contribution < 1.29 is 32.2 Å². The molecule has 0 aliphatic carbocycles. The Bertz CT molecular complexity index is 1500. The quantitative estimate of drug-likeness (QED) is 0.211. The summed E-state index contributed by atoms with van der Waals surface area (Å²) in [7, 11) is -1.46. The Labute approximate surface area is 264 Å². The van der Waals surface area contributed by atoms with Crippen LogP contribution in [-0.2, 0) is 26.2 Å². The van der Waals surface area contributed by atoms with Gasteiger partial charge >= 0.3 is 0 Å². The topological polar surface area (TPSA) is 114 Å². The fourth-order valence-corrected chi connectivity index (χ4v) is 5.97. The first-order chi connectivity index (χ1) is 21.0. The van der Waals surface area contributed by atoms with Gasteiger partial charge in [-0.15, -0.1) is 0 Å². The van der Waals surface area contributed by atoms with Gasteiger partial charge in [-0.25, -0.2) is 8.42 Å². The van der Waals surface area contributed by atoms with Crippen molar-refractivity contribution in [2.45, 2.75) is 51.1 Å². The van der Waals surface area contributed by atoms with Crippen LogP contribution in [0, 0.1) is 0 Å². The van der Waals surface area contributed by atoms with Crippen LogP contribution in [0.3, 0.4) is 0 Å². The van der Waals surface area contributed by atoms with Gasteiger partial charge in [0, 0.05) is 24.2 Å². The summed E-state index contributed by atoms with van der Waals surface area (Å²) >= 11 is 6.07. The second-order valence-electron chi connectivity index (χ2n) is 9.92.